The van der Waals surface area contributed by atoms with Crippen molar-refractivity contribution in [2.45, 2.75) is 12.5 Å². The summed E-state index contributed by atoms with van der Waals surface area (Å²) in [5.41, 5.74) is -0.455. The number of nitrogens with zero attached hydrogens (tertiary/aromatic N) is 1. The van der Waals surface area contributed by atoms with Gasteiger partial charge in [0.05, 0.1) is 18.1 Å². The van der Waals surface area contributed by atoms with Crippen molar-refractivity contribution in [3.63, 3.8) is 0 Å². The van der Waals surface area contributed by atoms with E-state index >= 15 is 0 Å². The Morgan fingerprint density at radius 3 is 2.85 bits per heavy atom. The Kier molecular flexibility index (Phi) is 3.95. The van der Waals surface area contributed by atoms with E-state index in [0.717, 1.165) is 0 Å². The number of terminal acetylenes is 1. The van der Waals surface area contributed by atoms with E-state index in [1.165, 1.54) is 23.4 Å². The van der Waals surface area contributed by atoms with Crippen LogP contribution in [0, 0.1) is 12.3 Å². The SMILES string of the molecule is C#CCN(C(=O)c1c[nH]ccc1=O)C1CCS(=O)(=O)C1. The lowest BCUT2D eigenvalue weighted by Crippen LogP contribution is -2.43. The highest BCUT2D eigenvalue weighted by Crippen LogP contribution is 2.18. The highest BCUT2D eigenvalue weighted by Gasteiger charge is 2.35. The number of carbonyl (C=O) groups excluding carboxylic acids is 1. The lowest BCUT2D eigenvalue weighted by Gasteiger charge is -2.25. The van der Waals surface area contributed by atoms with E-state index in [1.54, 1.807) is 0 Å². The molecule has 0 aromatic carbocycles. The average Bonchev–Trinajstić information content (AvgIpc) is 2.76. The van der Waals surface area contributed by atoms with E-state index in [2.05, 4.69) is 10.9 Å². The molecule has 1 aliphatic heterocycles. The monoisotopic (exact) mass is 294 g/mol. The van der Waals surface area contributed by atoms with Gasteiger partial charge in [0, 0.05) is 24.5 Å². The number of sulfone groups is 1. The lowest BCUT2D eigenvalue weighted by molar-refractivity contribution is 0.0722. The lowest BCUT2D eigenvalue weighted by atomic mass is 10.1. The zero-order valence-electron chi connectivity index (χ0n) is 10.7. The third-order valence-corrected chi connectivity index (χ3v) is 4.98. The number of nitrogens with one attached hydrogen (secondary N) is 1. The Labute approximate surface area is 116 Å². The first-order chi connectivity index (χ1) is 9.44. The summed E-state index contributed by atoms with van der Waals surface area (Å²) < 4.78 is 23.0. The minimum absolute atomic E-state index is 0.0205. The molecule has 0 spiro atoms. The number of carbonyl (C=O) groups is 1. The summed E-state index contributed by atoms with van der Waals surface area (Å²) in [5.74, 6) is 1.74. The van der Waals surface area contributed by atoms with Crippen LogP contribution in [0.1, 0.15) is 16.8 Å². The molecule has 1 aromatic rings. The number of amides is 1. The molecule has 1 atom stereocenters. The van der Waals surface area contributed by atoms with E-state index < -0.39 is 27.2 Å². The first kappa shape index (κ1) is 14.3. The number of aromatic nitrogens is 1. The maximum absolute atomic E-state index is 12.4. The normalized spacial score (nSPS) is 20.2. The summed E-state index contributed by atoms with van der Waals surface area (Å²) >= 11 is 0. The van der Waals surface area contributed by atoms with Gasteiger partial charge in [-0.15, -0.1) is 6.42 Å². The van der Waals surface area contributed by atoms with E-state index in [9.17, 15) is 18.0 Å². The minimum Gasteiger partial charge on any atom is -0.367 e. The van der Waals surface area contributed by atoms with Crippen molar-refractivity contribution >= 4 is 15.7 Å². The van der Waals surface area contributed by atoms with Crippen molar-refractivity contribution in [3.05, 3.63) is 34.2 Å². The summed E-state index contributed by atoms with van der Waals surface area (Å²) in [4.78, 5) is 28.0. The minimum atomic E-state index is -3.13. The second kappa shape index (κ2) is 5.51. The second-order valence-electron chi connectivity index (χ2n) is 4.62. The molecule has 20 heavy (non-hydrogen) atoms. The Morgan fingerprint density at radius 2 is 2.30 bits per heavy atom. The highest BCUT2D eigenvalue weighted by atomic mass is 32.2. The summed E-state index contributed by atoms with van der Waals surface area (Å²) in [6.45, 7) is -0.0205. The molecular formula is C13H14N2O4S. The number of aromatic amines is 1. The standard InChI is InChI=1S/C13H14N2O4S/c1-2-6-15(10-4-7-20(18,19)9-10)13(17)11-8-14-5-3-12(11)16/h1,3,5,8,10H,4,6-7,9H2,(H,14,16). The predicted molar refractivity (Wildman–Crippen MR) is 74.0 cm³/mol. The largest absolute Gasteiger partial charge is 0.367 e. The molecule has 1 amide bonds. The van der Waals surface area contributed by atoms with Crippen molar-refractivity contribution in [2.24, 2.45) is 0 Å². The topological polar surface area (TPSA) is 87.3 Å². The van der Waals surface area contributed by atoms with Gasteiger partial charge in [-0.05, 0) is 6.42 Å². The Morgan fingerprint density at radius 1 is 1.55 bits per heavy atom. The molecule has 2 rings (SSSR count). The van der Waals surface area contributed by atoms with Crippen LogP contribution in [-0.2, 0) is 9.84 Å². The molecule has 0 radical (unpaired) electrons. The molecule has 1 fully saturated rings. The van der Waals surface area contributed by atoms with Crippen LogP contribution in [0.3, 0.4) is 0 Å². The van der Waals surface area contributed by atoms with Crippen molar-refractivity contribution in [1.29, 1.82) is 0 Å². The van der Waals surface area contributed by atoms with Gasteiger partial charge in [0.2, 0.25) is 0 Å². The predicted octanol–water partition coefficient (Wildman–Crippen LogP) is -0.363. The average molecular weight is 294 g/mol. The van der Waals surface area contributed by atoms with Crippen LogP contribution < -0.4 is 5.43 Å². The van der Waals surface area contributed by atoms with E-state index in [4.69, 9.17) is 6.42 Å². The van der Waals surface area contributed by atoms with Crippen molar-refractivity contribution < 1.29 is 13.2 Å². The number of H-pyrrole nitrogens is 1. The van der Waals surface area contributed by atoms with Gasteiger partial charge in [-0.2, -0.15) is 0 Å². The van der Waals surface area contributed by atoms with E-state index in [-0.39, 0.29) is 23.6 Å². The molecule has 1 aromatic heterocycles. The molecule has 1 aliphatic rings. The Bertz CT molecular complexity index is 714. The molecule has 106 valence electrons. The summed E-state index contributed by atoms with van der Waals surface area (Å²) in [6, 6.07) is 0.773. The molecule has 6 nitrogen and oxygen atoms in total. The number of rotatable bonds is 3. The fourth-order valence-electron chi connectivity index (χ4n) is 2.22. The maximum atomic E-state index is 12.4. The van der Waals surface area contributed by atoms with Crippen LogP contribution >= 0.6 is 0 Å². The van der Waals surface area contributed by atoms with Gasteiger partial charge < -0.3 is 9.88 Å². The molecule has 7 heteroatoms. The third-order valence-electron chi connectivity index (χ3n) is 3.23. The summed E-state index contributed by atoms with van der Waals surface area (Å²) in [5, 5.41) is 0. The zero-order chi connectivity index (χ0) is 14.8. The first-order valence-electron chi connectivity index (χ1n) is 6.06. The van der Waals surface area contributed by atoms with Gasteiger partial charge in [0.25, 0.3) is 5.91 Å². The molecule has 0 bridgehead atoms. The van der Waals surface area contributed by atoms with E-state index in [1.807, 2.05) is 0 Å². The smallest absolute Gasteiger partial charge is 0.260 e. The van der Waals surface area contributed by atoms with Gasteiger partial charge >= 0.3 is 0 Å². The number of hydrogen-bond donors (Lipinski definition) is 1. The van der Waals surface area contributed by atoms with Crippen LogP contribution in [0.5, 0.6) is 0 Å². The van der Waals surface area contributed by atoms with Gasteiger partial charge in [-0.3, -0.25) is 9.59 Å². The summed E-state index contributed by atoms with van der Waals surface area (Å²) in [7, 11) is -3.13. The number of pyridine rings is 1. The van der Waals surface area contributed by atoms with Gasteiger partial charge in [0.1, 0.15) is 5.56 Å². The van der Waals surface area contributed by atoms with Crippen molar-refractivity contribution in [1.82, 2.24) is 9.88 Å². The molecule has 1 N–H and O–H groups in total. The first-order valence-corrected chi connectivity index (χ1v) is 7.89. The van der Waals surface area contributed by atoms with Crippen LogP contribution in [0.4, 0.5) is 0 Å². The molecule has 0 aliphatic carbocycles. The molecule has 1 unspecified atom stereocenters. The molecule has 0 saturated carbocycles. The quantitative estimate of drug-likeness (QED) is 0.771. The highest BCUT2D eigenvalue weighted by molar-refractivity contribution is 7.91. The van der Waals surface area contributed by atoms with E-state index in [0.29, 0.717) is 6.42 Å². The summed E-state index contributed by atoms with van der Waals surface area (Å²) in [6.07, 6.45) is 8.31. The van der Waals surface area contributed by atoms with Crippen molar-refractivity contribution in [2.75, 3.05) is 18.1 Å². The fourth-order valence-corrected chi connectivity index (χ4v) is 3.95. The zero-order valence-corrected chi connectivity index (χ0v) is 11.5. The fraction of sp³-hybridized carbons (Fsp3) is 0.385. The molecular weight excluding hydrogens is 280 g/mol. The van der Waals surface area contributed by atoms with Crippen LogP contribution in [-0.4, -0.2) is 48.3 Å². The van der Waals surface area contributed by atoms with Gasteiger partial charge in [-0.1, -0.05) is 5.92 Å². The maximum Gasteiger partial charge on any atom is 0.260 e. The van der Waals surface area contributed by atoms with Crippen LogP contribution in [0.15, 0.2) is 23.3 Å². The van der Waals surface area contributed by atoms with Crippen LogP contribution in [0.25, 0.3) is 0 Å². The second-order valence-corrected chi connectivity index (χ2v) is 6.85. The van der Waals surface area contributed by atoms with Crippen molar-refractivity contribution in [3.8, 4) is 12.3 Å². The Hall–Kier alpha value is -2.07. The third kappa shape index (κ3) is 2.91. The van der Waals surface area contributed by atoms with Gasteiger partial charge in [-0.25, -0.2) is 8.42 Å². The molecule has 2 heterocycles. The van der Waals surface area contributed by atoms with Gasteiger partial charge in [0.15, 0.2) is 15.3 Å². The number of hydrogen-bond acceptors (Lipinski definition) is 4. The Balaban J connectivity index is 2.31. The van der Waals surface area contributed by atoms with Crippen LogP contribution in [0.2, 0.25) is 0 Å². The molecule has 1 saturated heterocycles.